The Morgan fingerprint density at radius 2 is 2.35 bits per heavy atom. The van der Waals surface area contributed by atoms with Crippen LogP contribution in [0.1, 0.15) is 30.1 Å². The van der Waals surface area contributed by atoms with Gasteiger partial charge in [-0.05, 0) is 25.8 Å². The fourth-order valence-corrected chi connectivity index (χ4v) is 2.44. The van der Waals surface area contributed by atoms with Crippen LogP contribution in [0.15, 0.2) is 12.3 Å². The molecule has 1 fully saturated rings. The van der Waals surface area contributed by atoms with E-state index in [9.17, 15) is 9.59 Å². The number of rotatable bonds is 4. The second-order valence-corrected chi connectivity index (χ2v) is 4.85. The quantitative estimate of drug-likeness (QED) is 0.917. The number of amides is 1. The minimum absolute atomic E-state index is 0.240. The molecule has 1 atom stereocenters. The summed E-state index contributed by atoms with van der Waals surface area (Å²) in [6, 6.07) is 0.687. The number of ether oxygens (including phenoxy) is 1. The second kappa shape index (κ2) is 6.09. The van der Waals surface area contributed by atoms with Crippen LogP contribution < -0.4 is 4.74 Å². The molecule has 2 heterocycles. The van der Waals surface area contributed by atoms with Crippen molar-refractivity contribution in [2.24, 2.45) is 0 Å². The number of aromatic nitrogens is 1. The van der Waals surface area contributed by atoms with Crippen LogP contribution in [0.4, 0.5) is 0 Å². The van der Waals surface area contributed by atoms with Crippen molar-refractivity contribution in [2.75, 3.05) is 13.2 Å². The number of pyridine rings is 1. The summed E-state index contributed by atoms with van der Waals surface area (Å²) in [5.74, 6) is -1.09. The molecule has 108 valence electrons. The molecule has 1 saturated heterocycles. The van der Waals surface area contributed by atoms with Crippen LogP contribution in [0.25, 0.3) is 0 Å². The Morgan fingerprint density at radius 1 is 1.60 bits per heavy atom. The lowest BCUT2D eigenvalue weighted by atomic mass is 10.2. The predicted molar refractivity (Wildman–Crippen MR) is 72.1 cm³/mol. The fourth-order valence-electron chi connectivity index (χ4n) is 2.22. The minimum Gasteiger partial charge on any atom is -0.480 e. The van der Waals surface area contributed by atoms with E-state index in [0.717, 1.165) is 0 Å². The van der Waals surface area contributed by atoms with Crippen LogP contribution in [-0.2, 0) is 4.79 Å². The van der Waals surface area contributed by atoms with Crippen molar-refractivity contribution in [3.63, 3.8) is 0 Å². The van der Waals surface area contributed by atoms with Crippen LogP contribution in [0.3, 0.4) is 0 Å². The van der Waals surface area contributed by atoms with E-state index >= 15 is 0 Å². The first-order valence-electron chi connectivity index (χ1n) is 6.36. The largest absolute Gasteiger partial charge is 0.480 e. The van der Waals surface area contributed by atoms with E-state index in [4.69, 9.17) is 21.4 Å². The maximum atomic E-state index is 12.3. The summed E-state index contributed by atoms with van der Waals surface area (Å²) in [6.45, 7) is 2.66. The third kappa shape index (κ3) is 2.85. The average Bonchev–Trinajstić information content (AvgIpc) is 2.90. The Hall–Kier alpha value is -1.82. The molecule has 0 spiro atoms. The highest BCUT2D eigenvalue weighted by Gasteiger charge is 2.34. The summed E-state index contributed by atoms with van der Waals surface area (Å²) < 4.78 is 5.19. The van der Waals surface area contributed by atoms with Crippen LogP contribution in [-0.4, -0.2) is 46.1 Å². The van der Waals surface area contributed by atoms with Crippen molar-refractivity contribution in [1.82, 2.24) is 9.88 Å². The number of hydrogen-bond acceptors (Lipinski definition) is 4. The predicted octanol–water partition coefficient (Wildman–Crippen LogP) is 1.82. The molecule has 1 aliphatic rings. The zero-order chi connectivity index (χ0) is 14.7. The number of halogens is 1. The molecule has 0 aromatic carbocycles. The Bertz CT molecular complexity index is 535. The van der Waals surface area contributed by atoms with E-state index in [2.05, 4.69) is 4.98 Å². The van der Waals surface area contributed by atoms with E-state index in [1.165, 1.54) is 17.2 Å². The van der Waals surface area contributed by atoms with Gasteiger partial charge in [-0.2, -0.15) is 0 Å². The summed E-state index contributed by atoms with van der Waals surface area (Å²) in [5.41, 5.74) is 0.270. The van der Waals surface area contributed by atoms with Gasteiger partial charge in [0.25, 0.3) is 5.91 Å². The van der Waals surface area contributed by atoms with Gasteiger partial charge in [-0.1, -0.05) is 11.6 Å². The summed E-state index contributed by atoms with van der Waals surface area (Å²) in [4.78, 5) is 28.7. The van der Waals surface area contributed by atoms with E-state index in [-0.39, 0.29) is 22.4 Å². The third-order valence-corrected chi connectivity index (χ3v) is 3.40. The number of nitrogens with zero attached hydrogens (tertiary/aromatic N) is 2. The highest BCUT2D eigenvalue weighted by molar-refractivity contribution is 6.32. The molecule has 20 heavy (non-hydrogen) atoms. The molecular weight excluding hydrogens is 284 g/mol. The average molecular weight is 299 g/mol. The SMILES string of the molecule is CCOc1ncc(C(=O)N2CCC[C@H]2C(=O)O)cc1Cl. The molecule has 2 rings (SSSR count). The zero-order valence-electron chi connectivity index (χ0n) is 11.0. The van der Waals surface area contributed by atoms with Gasteiger partial charge in [0.2, 0.25) is 5.88 Å². The molecule has 1 aromatic heterocycles. The third-order valence-electron chi connectivity index (χ3n) is 3.13. The van der Waals surface area contributed by atoms with Gasteiger partial charge in [0, 0.05) is 12.7 Å². The Kier molecular flexibility index (Phi) is 4.44. The van der Waals surface area contributed by atoms with Gasteiger partial charge >= 0.3 is 5.97 Å². The zero-order valence-corrected chi connectivity index (χ0v) is 11.8. The highest BCUT2D eigenvalue weighted by Crippen LogP contribution is 2.25. The van der Waals surface area contributed by atoms with Crippen molar-refractivity contribution in [1.29, 1.82) is 0 Å². The van der Waals surface area contributed by atoms with Gasteiger partial charge < -0.3 is 14.7 Å². The van der Waals surface area contributed by atoms with Crippen molar-refractivity contribution in [3.05, 3.63) is 22.8 Å². The van der Waals surface area contributed by atoms with Crippen LogP contribution >= 0.6 is 11.6 Å². The lowest BCUT2D eigenvalue weighted by Gasteiger charge is -2.21. The maximum Gasteiger partial charge on any atom is 0.326 e. The summed E-state index contributed by atoms with van der Waals surface area (Å²) in [6.07, 6.45) is 2.51. The van der Waals surface area contributed by atoms with Gasteiger partial charge in [-0.3, -0.25) is 4.79 Å². The summed E-state index contributed by atoms with van der Waals surface area (Å²) >= 11 is 5.98. The summed E-state index contributed by atoms with van der Waals surface area (Å²) in [5, 5.41) is 9.33. The smallest absolute Gasteiger partial charge is 0.326 e. The van der Waals surface area contributed by atoms with Crippen LogP contribution in [0.5, 0.6) is 5.88 Å². The first kappa shape index (κ1) is 14.6. The molecular formula is C13H15ClN2O4. The maximum absolute atomic E-state index is 12.3. The molecule has 0 unspecified atom stereocenters. The number of hydrogen-bond donors (Lipinski definition) is 1. The number of carbonyl (C=O) groups is 2. The molecule has 6 nitrogen and oxygen atoms in total. The number of carbonyl (C=O) groups excluding carboxylic acids is 1. The molecule has 1 aliphatic heterocycles. The van der Waals surface area contributed by atoms with E-state index in [0.29, 0.717) is 26.0 Å². The van der Waals surface area contributed by atoms with Gasteiger partial charge in [-0.15, -0.1) is 0 Å². The summed E-state index contributed by atoms with van der Waals surface area (Å²) in [7, 11) is 0. The molecule has 1 aromatic rings. The Balaban J connectivity index is 2.21. The van der Waals surface area contributed by atoms with Crippen molar-refractivity contribution in [3.8, 4) is 5.88 Å². The number of likely N-dealkylation sites (tertiary alicyclic amines) is 1. The van der Waals surface area contributed by atoms with E-state index in [1.807, 2.05) is 0 Å². The van der Waals surface area contributed by atoms with Crippen LogP contribution in [0.2, 0.25) is 5.02 Å². The molecule has 0 bridgehead atoms. The van der Waals surface area contributed by atoms with Crippen LogP contribution in [0, 0.1) is 0 Å². The Labute approximate surface area is 121 Å². The first-order valence-corrected chi connectivity index (χ1v) is 6.74. The number of carboxylic acids is 1. The van der Waals surface area contributed by atoms with Crippen molar-refractivity contribution >= 4 is 23.5 Å². The highest BCUT2D eigenvalue weighted by atomic mass is 35.5. The standard InChI is InChI=1S/C13H15ClN2O4/c1-2-20-11-9(14)6-8(7-15-11)12(17)16-5-3-4-10(16)13(18)19/h6-7,10H,2-5H2,1H3,(H,18,19)/t10-/m0/s1. The molecule has 1 N–H and O–H groups in total. The van der Waals surface area contributed by atoms with Gasteiger partial charge in [0.05, 0.1) is 12.2 Å². The molecule has 0 saturated carbocycles. The Morgan fingerprint density at radius 3 is 2.95 bits per heavy atom. The monoisotopic (exact) mass is 298 g/mol. The minimum atomic E-state index is -0.985. The topological polar surface area (TPSA) is 79.7 Å². The van der Waals surface area contributed by atoms with Gasteiger partial charge in [0.1, 0.15) is 11.1 Å². The van der Waals surface area contributed by atoms with E-state index < -0.39 is 12.0 Å². The van der Waals surface area contributed by atoms with E-state index in [1.54, 1.807) is 6.92 Å². The van der Waals surface area contributed by atoms with Crippen molar-refractivity contribution in [2.45, 2.75) is 25.8 Å². The second-order valence-electron chi connectivity index (χ2n) is 4.44. The fraction of sp³-hybridized carbons (Fsp3) is 0.462. The number of aliphatic carboxylic acids is 1. The lowest BCUT2D eigenvalue weighted by molar-refractivity contribution is -0.141. The molecule has 7 heteroatoms. The number of carboxylic acid groups (broad SMARTS) is 1. The molecule has 0 aliphatic carbocycles. The lowest BCUT2D eigenvalue weighted by Crippen LogP contribution is -2.40. The van der Waals surface area contributed by atoms with Crippen molar-refractivity contribution < 1.29 is 19.4 Å². The van der Waals surface area contributed by atoms with Gasteiger partial charge in [0.15, 0.2) is 0 Å². The molecule has 0 radical (unpaired) electrons. The first-order chi connectivity index (χ1) is 9.54. The normalized spacial score (nSPS) is 18.1. The van der Waals surface area contributed by atoms with Gasteiger partial charge in [-0.25, -0.2) is 9.78 Å². The molecule has 1 amide bonds.